The van der Waals surface area contributed by atoms with Gasteiger partial charge in [-0.2, -0.15) is 0 Å². The smallest absolute Gasteiger partial charge is 0.253 e. The number of rotatable bonds is 8. The van der Waals surface area contributed by atoms with Gasteiger partial charge < -0.3 is 20.4 Å². The Labute approximate surface area is 162 Å². The summed E-state index contributed by atoms with van der Waals surface area (Å²) in [5.74, 6) is 0.572. The number of aliphatic imine (C=N–C) groups is 1. The third-order valence-electron chi connectivity index (χ3n) is 4.15. The Morgan fingerprint density at radius 3 is 2.44 bits per heavy atom. The van der Waals surface area contributed by atoms with Crippen molar-refractivity contribution >= 4 is 17.8 Å². The zero-order chi connectivity index (χ0) is 20.4. The highest BCUT2D eigenvalue weighted by Gasteiger charge is 2.09. The molecule has 1 unspecified atom stereocenters. The average Bonchev–Trinajstić information content (AvgIpc) is 2.64. The summed E-state index contributed by atoms with van der Waals surface area (Å²) in [4.78, 5) is 31.3. The van der Waals surface area contributed by atoms with Gasteiger partial charge in [0, 0.05) is 46.3 Å². The van der Waals surface area contributed by atoms with Crippen LogP contribution in [0.3, 0.4) is 0 Å². The lowest BCUT2D eigenvalue weighted by Crippen LogP contribution is -2.43. The number of nitrogens with one attached hydrogen (secondary N) is 2. The van der Waals surface area contributed by atoms with Crippen LogP contribution >= 0.6 is 0 Å². The molecule has 0 aliphatic heterocycles. The van der Waals surface area contributed by atoms with Gasteiger partial charge in [-0.3, -0.25) is 9.59 Å². The molecule has 0 bridgehead atoms. The Hall–Kier alpha value is -2.57. The molecule has 7 heteroatoms. The number of amides is 2. The largest absolute Gasteiger partial charge is 0.356 e. The number of hydrogen-bond donors (Lipinski definition) is 2. The second-order valence-electron chi connectivity index (χ2n) is 6.98. The Morgan fingerprint density at radius 2 is 1.85 bits per heavy atom. The van der Waals surface area contributed by atoms with Gasteiger partial charge in [-0.25, -0.2) is 4.99 Å². The maximum absolute atomic E-state index is 12.1. The second-order valence-corrected chi connectivity index (χ2v) is 6.98. The van der Waals surface area contributed by atoms with Crippen molar-refractivity contribution in [3.63, 3.8) is 0 Å². The van der Waals surface area contributed by atoms with Crippen molar-refractivity contribution in [2.45, 2.75) is 32.7 Å². The van der Waals surface area contributed by atoms with Crippen molar-refractivity contribution in [2.24, 2.45) is 4.99 Å². The Balaban J connectivity index is 2.70. The highest BCUT2D eigenvalue weighted by Crippen LogP contribution is 2.07. The zero-order valence-corrected chi connectivity index (χ0v) is 17.4. The van der Waals surface area contributed by atoms with E-state index in [2.05, 4.69) is 29.5 Å². The summed E-state index contributed by atoms with van der Waals surface area (Å²) >= 11 is 0. The fourth-order valence-corrected chi connectivity index (χ4v) is 2.22. The van der Waals surface area contributed by atoms with Crippen molar-refractivity contribution in [3.8, 4) is 0 Å². The van der Waals surface area contributed by atoms with Crippen LogP contribution in [0.15, 0.2) is 29.3 Å². The van der Waals surface area contributed by atoms with Gasteiger partial charge in [0.25, 0.3) is 5.91 Å². The quantitative estimate of drug-likeness (QED) is 0.531. The molecule has 0 aliphatic rings. The molecule has 2 N–H and O–H groups in total. The number of hydrogen-bond acceptors (Lipinski definition) is 3. The van der Waals surface area contributed by atoms with E-state index in [-0.39, 0.29) is 24.4 Å². The summed E-state index contributed by atoms with van der Waals surface area (Å²) in [5, 5.41) is 6.57. The van der Waals surface area contributed by atoms with Crippen molar-refractivity contribution < 1.29 is 9.59 Å². The van der Waals surface area contributed by atoms with Crippen LogP contribution in [0, 0.1) is 0 Å². The van der Waals surface area contributed by atoms with Crippen LogP contribution in [-0.4, -0.2) is 74.9 Å². The molecule has 0 spiro atoms. The second kappa shape index (κ2) is 11.2. The fraction of sp³-hybridized carbons (Fsp3) is 0.550. The first-order valence-corrected chi connectivity index (χ1v) is 9.30. The summed E-state index contributed by atoms with van der Waals surface area (Å²) < 4.78 is 0. The molecule has 0 saturated heterocycles. The number of nitrogens with zero attached hydrogens (tertiary/aromatic N) is 3. The van der Waals surface area contributed by atoms with E-state index in [4.69, 9.17) is 0 Å². The summed E-state index contributed by atoms with van der Waals surface area (Å²) in [6.45, 7) is 4.92. The maximum atomic E-state index is 12.1. The molecule has 2 amide bonds. The molecule has 1 aromatic rings. The lowest BCUT2D eigenvalue weighted by Gasteiger charge is -2.18. The van der Waals surface area contributed by atoms with Crippen LogP contribution in [0.25, 0.3) is 0 Å². The normalized spacial score (nSPS) is 12.3. The van der Waals surface area contributed by atoms with Crippen LogP contribution in [0.5, 0.6) is 0 Å². The molecular formula is C20H33N5O2. The predicted octanol–water partition coefficient (Wildman–Crippen LogP) is 1.35. The SMILES string of the molecule is CCC(C)NC(=NCC(=O)N(C)C)NCCc1cccc(C(=O)N(C)C)c1. The van der Waals surface area contributed by atoms with Crippen molar-refractivity contribution in [1.82, 2.24) is 20.4 Å². The average molecular weight is 376 g/mol. The molecule has 0 radical (unpaired) electrons. The van der Waals surface area contributed by atoms with Gasteiger partial charge in [0.1, 0.15) is 6.54 Å². The summed E-state index contributed by atoms with van der Waals surface area (Å²) in [6.07, 6.45) is 1.70. The third-order valence-corrected chi connectivity index (χ3v) is 4.15. The minimum absolute atomic E-state index is 0.00676. The molecule has 1 aromatic carbocycles. The Kier molecular flexibility index (Phi) is 9.33. The molecule has 0 saturated carbocycles. The molecule has 0 fully saturated rings. The van der Waals surface area contributed by atoms with Gasteiger partial charge in [-0.05, 0) is 37.5 Å². The van der Waals surface area contributed by atoms with Crippen LogP contribution in [-0.2, 0) is 11.2 Å². The topological polar surface area (TPSA) is 77.0 Å². The maximum Gasteiger partial charge on any atom is 0.253 e. The fourth-order valence-electron chi connectivity index (χ4n) is 2.22. The molecule has 0 aliphatic carbocycles. The summed E-state index contributed by atoms with van der Waals surface area (Å²) in [5.41, 5.74) is 1.75. The van der Waals surface area contributed by atoms with E-state index in [1.54, 1.807) is 33.1 Å². The highest BCUT2D eigenvalue weighted by atomic mass is 16.2. The van der Waals surface area contributed by atoms with E-state index in [0.29, 0.717) is 18.1 Å². The van der Waals surface area contributed by atoms with Gasteiger partial charge in [0.15, 0.2) is 5.96 Å². The minimum atomic E-state index is -0.0462. The van der Waals surface area contributed by atoms with Gasteiger partial charge in [-0.15, -0.1) is 0 Å². The molecule has 1 rings (SSSR count). The predicted molar refractivity (Wildman–Crippen MR) is 110 cm³/mol. The number of likely N-dealkylation sites (N-methyl/N-ethyl adjacent to an activating group) is 1. The van der Waals surface area contributed by atoms with E-state index in [0.717, 1.165) is 18.4 Å². The van der Waals surface area contributed by atoms with Gasteiger partial charge >= 0.3 is 0 Å². The van der Waals surface area contributed by atoms with Crippen molar-refractivity contribution in [2.75, 3.05) is 41.3 Å². The molecule has 0 aromatic heterocycles. The number of benzene rings is 1. The molecule has 0 heterocycles. The minimum Gasteiger partial charge on any atom is -0.356 e. The lowest BCUT2D eigenvalue weighted by molar-refractivity contribution is -0.127. The highest BCUT2D eigenvalue weighted by molar-refractivity contribution is 5.94. The van der Waals surface area contributed by atoms with Crippen molar-refractivity contribution in [1.29, 1.82) is 0 Å². The standard InChI is InChI=1S/C20H33N5O2/c1-7-15(2)23-20(22-14-18(26)24(3)4)21-12-11-16-9-8-10-17(13-16)19(27)25(5)6/h8-10,13,15H,7,11-12,14H2,1-6H3,(H2,21,22,23). The molecule has 1 atom stereocenters. The van der Waals surface area contributed by atoms with Gasteiger partial charge in [-0.1, -0.05) is 19.1 Å². The molecule has 150 valence electrons. The monoisotopic (exact) mass is 375 g/mol. The number of carbonyl (C=O) groups is 2. The molecule has 7 nitrogen and oxygen atoms in total. The summed E-state index contributed by atoms with van der Waals surface area (Å²) in [7, 11) is 6.92. The Morgan fingerprint density at radius 1 is 1.15 bits per heavy atom. The first kappa shape index (κ1) is 22.5. The van der Waals surface area contributed by atoms with Crippen LogP contribution < -0.4 is 10.6 Å². The van der Waals surface area contributed by atoms with E-state index in [9.17, 15) is 9.59 Å². The lowest BCUT2D eigenvalue weighted by atomic mass is 10.1. The van der Waals surface area contributed by atoms with Crippen LogP contribution in [0.4, 0.5) is 0 Å². The summed E-state index contributed by atoms with van der Waals surface area (Å²) in [6, 6.07) is 7.89. The van der Waals surface area contributed by atoms with Crippen LogP contribution in [0.1, 0.15) is 36.2 Å². The number of carbonyl (C=O) groups excluding carboxylic acids is 2. The van der Waals surface area contributed by atoms with E-state index in [1.165, 1.54) is 4.90 Å². The van der Waals surface area contributed by atoms with Crippen molar-refractivity contribution in [3.05, 3.63) is 35.4 Å². The van der Waals surface area contributed by atoms with E-state index >= 15 is 0 Å². The zero-order valence-electron chi connectivity index (χ0n) is 17.4. The first-order valence-electron chi connectivity index (χ1n) is 9.30. The number of guanidine groups is 1. The third kappa shape index (κ3) is 8.11. The molecular weight excluding hydrogens is 342 g/mol. The van der Waals surface area contributed by atoms with E-state index < -0.39 is 0 Å². The molecule has 27 heavy (non-hydrogen) atoms. The van der Waals surface area contributed by atoms with E-state index in [1.807, 2.05) is 24.3 Å². The Bertz CT molecular complexity index is 656. The van der Waals surface area contributed by atoms with Gasteiger partial charge in [0.05, 0.1) is 0 Å². The first-order chi connectivity index (χ1) is 12.7. The van der Waals surface area contributed by atoms with Crippen LogP contribution in [0.2, 0.25) is 0 Å². The van der Waals surface area contributed by atoms with Gasteiger partial charge in [0.2, 0.25) is 5.91 Å².